The van der Waals surface area contributed by atoms with Gasteiger partial charge in [-0.15, -0.1) is 0 Å². The highest BCUT2D eigenvalue weighted by atomic mass is 19.4. The van der Waals surface area contributed by atoms with Crippen LogP contribution < -0.4 is 15.4 Å². The van der Waals surface area contributed by atoms with Crippen molar-refractivity contribution in [3.63, 3.8) is 0 Å². The van der Waals surface area contributed by atoms with Gasteiger partial charge in [-0.1, -0.05) is 36.4 Å². The smallest absolute Gasteiger partial charge is 0.490 e. The summed E-state index contributed by atoms with van der Waals surface area (Å²) in [5.74, 6) is -1.95. The summed E-state index contributed by atoms with van der Waals surface area (Å²) in [6.45, 7) is 0. The van der Waals surface area contributed by atoms with Crippen molar-refractivity contribution in [3.8, 4) is 28.0 Å². The minimum atomic E-state index is -5.08. The number of carboxylic acid groups (broad SMARTS) is 1. The number of aliphatic carboxylic acids is 1. The highest BCUT2D eigenvalue weighted by molar-refractivity contribution is 6.00. The molecule has 0 aliphatic rings. The Hall–Kier alpha value is -5.39. The number of amides is 2. The highest BCUT2D eigenvalue weighted by Crippen LogP contribution is 2.27. The number of rotatable bonds is 5. The number of carboxylic acids is 1. The number of carbonyl (C=O) groups is 2. The SMILES string of the molecule is COc1cccc(-c2ccc(NC(=O)Nc3ccc(-c4ccnc5nc[nH]c45)cc3)cc2)c1.O=C(O)C(F)(F)F. The number of anilines is 2. The number of nitrogens with zero attached hydrogens (tertiary/aromatic N) is 2. The van der Waals surface area contributed by atoms with Gasteiger partial charge in [-0.05, 0) is 59.2 Å². The number of ether oxygens (including phenoxy) is 1. The van der Waals surface area contributed by atoms with Crippen molar-refractivity contribution in [2.45, 2.75) is 6.18 Å². The second kappa shape index (κ2) is 12.0. The van der Waals surface area contributed by atoms with Gasteiger partial charge in [0.05, 0.1) is 19.0 Å². The molecule has 0 saturated carbocycles. The van der Waals surface area contributed by atoms with E-state index in [0.29, 0.717) is 17.0 Å². The van der Waals surface area contributed by atoms with E-state index < -0.39 is 12.1 Å². The summed E-state index contributed by atoms with van der Waals surface area (Å²) < 4.78 is 37.0. The predicted octanol–water partition coefficient (Wildman–Crippen LogP) is 6.58. The third kappa shape index (κ3) is 6.92. The van der Waals surface area contributed by atoms with Gasteiger partial charge in [-0.25, -0.2) is 19.6 Å². The molecule has 0 radical (unpaired) electrons. The predicted molar refractivity (Wildman–Crippen MR) is 144 cm³/mol. The molecule has 0 aliphatic carbocycles. The summed E-state index contributed by atoms with van der Waals surface area (Å²) in [4.78, 5) is 32.9. The highest BCUT2D eigenvalue weighted by Gasteiger charge is 2.38. The first-order chi connectivity index (χ1) is 19.1. The standard InChI is InChI=1S/C26H21N5O2.C2HF3O2/c1-33-22-4-2-3-19(15-22)17-5-9-20(10-6-17)30-26(32)31-21-11-7-18(8-12-21)23-13-14-27-25-24(23)28-16-29-25;3-2(4,5)1(6)7/h2-16H,1H3,(H,27,28,29)(H2,30,31,32);(H,6,7). The van der Waals surface area contributed by atoms with E-state index in [2.05, 4.69) is 25.6 Å². The largest absolute Gasteiger partial charge is 0.497 e. The van der Waals surface area contributed by atoms with Crippen LogP contribution in [-0.4, -0.2) is 45.3 Å². The first-order valence-corrected chi connectivity index (χ1v) is 11.6. The van der Waals surface area contributed by atoms with Gasteiger partial charge in [0.1, 0.15) is 5.75 Å². The topological polar surface area (TPSA) is 129 Å². The molecule has 204 valence electrons. The van der Waals surface area contributed by atoms with Crippen molar-refractivity contribution >= 4 is 34.5 Å². The zero-order chi connectivity index (χ0) is 28.7. The Balaban J connectivity index is 0.000000470. The van der Waals surface area contributed by atoms with E-state index in [-0.39, 0.29) is 6.03 Å². The zero-order valence-corrected chi connectivity index (χ0v) is 20.9. The summed E-state index contributed by atoms with van der Waals surface area (Å²) in [7, 11) is 1.65. The maximum atomic E-state index is 12.5. The fraction of sp³-hybridized carbons (Fsp3) is 0.0714. The van der Waals surface area contributed by atoms with Crippen LogP contribution in [0, 0.1) is 0 Å². The maximum absolute atomic E-state index is 12.5. The number of carbonyl (C=O) groups excluding carboxylic acids is 1. The number of nitrogens with one attached hydrogen (secondary N) is 3. The van der Waals surface area contributed by atoms with Crippen molar-refractivity contribution in [1.82, 2.24) is 15.0 Å². The van der Waals surface area contributed by atoms with Crippen molar-refractivity contribution < 1.29 is 32.6 Å². The number of halogens is 3. The molecule has 4 N–H and O–H groups in total. The first-order valence-electron chi connectivity index (χ1n) is 11.6. The minimum Gasteiger partial charge on any atom is -0.497 e. The quantitative estimate of drug-likeness (QED) is 0.196. The van der Waals surface area contributed by atoms with Crippen LogP contribution >= 0.6 is 0 Å². The first kappa shape index (κ1) is 27.6. The number of methoxy groups -OCH3 is 1. The average Bonchev–Trinajstić information content (AvgIpc) is 3.43. The van der Waals surface area contributed by atoms with Crippen LogP contribution in [0.4, 0.5) is 29.3 Å². The molecule has 12 heteroatoms. The van der Waals surface area contributed by atoms with Gasteiger partial charge in [-0.2, -0.15) is 13.2 Å². The lowest BCUT2D eigenvalue weighted by atomic mass is 10.1. The van der Waals surface area contributed by atoms with Crippen LogP contribution in [0.15, 0.2) is 91.4 Å². The van der Waals surface area contributed by atoms with Crippen LogP contribution in [0.25, 0.3) is 33.4 Å². The molecule has 9 nitrogen and oxygen atoms in total. The summed E-state index contributed by atoms with van der Waals surface area (Å²) in [6, 6.07) is 24.8. The van der Waals surface area contributed by atoms with E-state index in [4.69, 9.17) is 14.6 Å². The molecule has 5 rings (SSSR count). The third-order valence-corrected chi connectivity index (χ3v) is 5.57. The Kier molecular flexibility index (Phi) is 8.28. The van der Waals surface area contributed by atoms with E-state index in [9.17, 15) is 18.0 Å². The molecule has 0 saturated heterocycles. The molecule has 3 aromatic carbocycles. The van der Waals surface area contributed by atoms with Crippen molar-refractivity contribution in [2.75, 3.05) is 17.7 Å². The second-order valence-electron chi connectivity index (χ2n) is 8.23. The fourth-order valence-corrected chi connectivity index (χ4v) is 3.66. The van der Waals surface area contributed by atoms with Crippen molar-refractivity contribution in [1.29, 1.82) is 0 Å². The van der Waals surface area contributed by atoms with Gasteiger partial charge in [0.25, 0.3) is 0 Å². The Labute approximate surface area is 225 Å². The van der Waals surface area contributed by atoms with Gasteiger partial charge in [0.2, 0.25) is 0 Å². The van der Waals surface area contributed by atoms with E-state index in [1.807, 2.05) is 78.9 Å². The number of urea groups is 1. The van der Waals surface area contributed by atoms with Gasteiger partial charge in [-0.3, -0.25) is 0 Å². The number of hydrogen-bond donors (Lipinski definition) is 4. The lowest BCUT2D eigenvalue weighted by molar-refractivity contribution is -0.192. The number of hydrogen-bond acceptors (Lipinski definition) is 5. The number of pyridine rings is 1. The number of imidazole rings is 1. The van der Waals surface area contributed by atoms with Crippen LogP contribution in [0.1, 0.15) is 0 Å². The van der Waals surface area contributed by atoms with Crippen LogP contribution in [0.2, 0.25) is 0 Å². The normalized spacial score (nSPS) is 10.8. The molecular weight excluding hydrogens is 527 g/mol. The molecule has 0 fully saturated rings. The van der Waals surface area contributed by atoms with Gasteiger partial charge in [0, 0.05) is 23.1 Å². The molecule has 0 atom stereocenters. The molecule has 0 bridgehead atoms. The van der Waals surface area contributed by atoms with Crippen molar-refractivity contribution in [3.05, 3.63) is 91.4 Å². The summed E-state index contributed by atoms with van der Waals surface area (Å²) in [5.41, 5.74) is 7.05. The van der Waals surface area contributed by atoms with E-state index in [1.54, 1.807) is 19.6 Å². The Morgan fingerprint density at radius 3 is 2.02 bits per heavy atom. The van der Waals surface area contributed by atoms with Crippen LogP contribution in [-0.2, 0) is 4.79 Å². The summed E-state index contributed by atoms with van der Waals surface area (Å²) >= 11 is 0. The lowest BCUT2D eigenvalue weighted by Gasteiger charge is -2.10. The maximum Gasteiger partial charge on any atom is 0.490 e. The monoisotopic (exact) mass is 549 g/mol. The molecular formula is C28H22F3N5O4. The minimum absolute atomic E-state index is 0.309. The Morgan fingerprint density at radius 1 is 0.850 bits per heavy atom. The number of aromatic amines is 1. The van der Waals surface area contributed by atoms with Gasteiger partial charge >= 0.3 is 18.2 Å². The van der Waals surface area contributed by atoms with E-state index in [0.717, 1.165) is 33.5 Å². The summed E-state index contributed by atoms with van der Waals surface area (Å²) in [5, 5.41) is 12.9. The Bertz CT molecular complexity index is 1620. The molecule has 0 spiro atoms. The number of benzene rings is 3. The second-order valence-corrected chi connectivity index (χ2v) is 8.23. The number of fused-ring (bicyclic) bond motifs is 1. The average molecular weight is 550 g/mol. The number of aromatic nitrogens is 3. The van der Waals surface area contributed by atoms with E-state index >= 15 is 0 Å². The van der Waals surface area contributed by atoms with Gasteiger partial charge < -0.3 is 25.5 Å². The van der Waals surface area contributed by atoms with Crippen LogP contribution in [0.3, 0.4) is 0 Å². The molecule has 2 heterocycles. The zero-order valence-electron chi connectivity index (χ0n) is 20.9. The van der Waals surface area contributed by atoms with Gasteiger partial charge in [0.15, 0.2) is 5.65 Å². The molecule has 0 unspecified atom stereocenters. The number of alkyl halides is 3. The molecule has 2 aromatic heterocycles. The van der Waals surface area contributed by atoms with E-state index in [1.165, 1.54) is 0 Å². The molecule has 2 amide bonds. The van der Waals surface area contributed by atoms with Crippen molar-refractivity contribution in [2.24, 2.45) is 0 Å². The molecule has 5 aromatic rings. The molecule has 0 aliphatic heterocycles. The third-order valence-electron chi connectivity index (χ3n) is 5.57. The van der Waals surface area contributed by atoms with Crippen LogP contribution in [0.5, 0.6) is 5.75 Å². The number of H-pyrrole nitrogens is 1. The summed E-state index contributed by atoms with van der Waals surface area (Å²) in [6.07, 6.45) is -1.72. The lowest BCUT2D eigenvalue weighted by Crippen LogP contribution is -2.21. The Morgan fingerprint density at radius 2 is 1.45 bits per heavy atom. The molecule has 40 heavy (non-hydrogen) atoms. The fourth-order valence-electron chi connectivity index (χ4n) is 3.66.